The molecule has 1 aromatic heterocycles. The summed E-state index contributed by atoms with van der Waals surface area (Å²) in [6, 6.07) is 17.1. The molecule has 2 aromatic carbocycles. The molecule has 0 aliphatic rings. The number of anilines is 1. The Labute approximate surface area is 259 Å². The normalized spacial score (nSPS) is 11.5. The van der Waals surface area contributed by atoms with Crippen molar-refractivity contribution in [2.45, 2.75) is 75.6 Å². The number of aryl methyl sites for hydroxylation is 1. The zero-order valence-electron chi connectivity index (χ0n) is 25.0. The lowest BCUT2D eigenvalue weighted by Gasteiger charge is -2.07. The minimum atomic E-state index is -4.36. The van der Waals surface area contributed by atoms with Gasteiger partial charge in [-0.2, -0.15) is 13.5 Å². The maximum absolute atomic E-state index is 12.4. The van der Waals surface area contributed by atoms with Crippen molar-refractivity contribution >= 4 is 33.4 Å². The third kappa shape index (κ3) is 13.0. The summed E-state index contributed by atoms with van der Waals surface area (Å²) in [6.45, 7) is 0.558. The molecule has 0 saturated heterocycles. The third-order valence-electron chi connectivity index (χ3n) is 7.01. The van der Waals surface area contributed by atoms with Gasteiger partial charge in [0, 0.05) is 31.4 Å². The number of benzene rings is 2. The molecule has 0 aliphatic heterocycles. The molecular formula is C32H42N6O5S. The molecule has 0 unspecified atom stereocenters. The van der Waals surface area contributed by atoms with Gasteiger partial charge in [-0.05, 0) is 60.7 Å². The zero-order chi connectivity index (χ0) is 31.6. The van der Waals surface area contributed by atoms with E-state index in [4.69, 9.17) is 5.73 Å². The first-order chi connectivity index (χ1) is 21.2. The molecule has 0 radical (unpaired) electrons. The highest BCUT2D eigenvalue weighted by Gasteiger charge is 2.14. The van der Waals surface area contributed by atoms with Gasteiger partial charge in [0.15, 0.2) is 5.82 Å². The molecule has 5 N–H and O–H groups in total. The van der Waals surface area contributed by atoms with Crippen LogP contribution in [0.3, 0.4) is 0 Å². The van der Waals surface area contributed by atoms with E-state index in [-0.39, 0.29) is 35.6 Å². The quantitative estimate of drug-likeness (QED) is 0.0565. The van der Waals surface area contributed by atoms with Gasteiger partial charge in [-0.3, -0.25) is 14.1 Å². The van der Waals surface area contributed by atoms with E-state index in [1.54, 1.807) is 12.1 Å². The van der Waals surface area contributed by atoms with Crippen LogP contribution in [0.25, 0.3) is 0 Å². The van der Waals surface area contributed by atoms with Crippen LogP contribution in [-0.2, 0) is 27.9 Å². The second-order valence-corrected chi connectivity index (χ2v) is 12.0. The fourth-order valence-electron chi connectivity index (χ4n) is 4.58. The van der Waals surface area contributed by atoms with Gasteiger partial charge in [0.1, 0.15) is 0 Å². The van der Waals surface area contributed by atoms with Gasteiger partial charge in [-0.1, -0.05) is 68.9 Å². The first-order valence-electron chi connectivity index (χ1n) is 15.0. The molecule has 12 heteroatoms. The van der Waals surface area contributed by atoms with Crippen molar-refractivity contribution in [3.63, 3.8) is 0 Å². The van der Waals surface area contributed by atoms with E-state index >= 15 is 0 Å². The summed E-state index contributed by atoms with van der Waals surface area (Å²) in [6.07, 6.45) is 12.1. The Kier molecular flexibility index (Phi) is 14.4. The Morgan fingerprint density at radius 2 is 1.48 bits per heavy atom. The average molecular weight is 623 g/mol. The summed E-state index contributed by atoms with van der Waals surface area (Å²) in [7, 11) is -4.36. The molecule has 0 atom stereocenters. The van der Waals surface area contributed by atoms with Gasteiger partial charge in [-0.15, -0.1) is 5.11 Å². The van der Waals surface area contributed by atoms with Crippen LogP contribution in [0.2, 0.25) is 0 Å². The van der Waals surface area contributed by atoms with E-state index in [1.165, 1.54) is 68.1 Å². The number of pyridine rings is 1. The topological polar surface area (TPSA) is 176 Å². The highest BCUT2D eigenvalue weighted by atomic mass is 32.2. The van der Waals surface area contributed by atoms with E-state index in [0.29, 0.717) is 24.1 Å². The molecule has 0 bridgehead atoms. The van der Waals surface area contributed by atoms with Gasteiger partial charge in [0.05, 0.1) is 17.0 Å². The summed E-state index contributed by atoms with van der Waals surface area (Å²) >= 11 is 0. The molecule has 236 valence electrons. The maximum atomic E-state index is 12.4. The van der Waals surface area contributed by atoms with Crippen LogP contribution in [-0.4, -0.2) is 42.9 Å². The SMILES string of the molecule is Nc1ccc(CCCCCCCCCCC(=O)NCCNC(=O)c2ccc(N=NCc3ccccc3S(=O)(=O)O)nc2)cc1. The molecule has 0 saturated carbocycles. The van der Waals surface area contributed by atoms with Gasteiger partial charge in [0.25, 0.3) is 16.0 Å². The molecule has 11 nitrogen and oxygen atoms in total. The highest BCUT2D eigenvalue weighted by molar-refractivity contribution is 7.85. The van der Waals surface area contributed by atoms with E-state index in [2.05, 4.69) is 38.0 Å². The van der Waals surface area contributed by atoms with E-state index in [9.17, 15) is 22.6 Å². The fraction of sp³-hybridized carbons (Fsp3) is 0.406. The summed E-state index contributed by atoms with van der Waals surface area (Å²) in [5.41, 5.74) is 8.49. The number of aromatic nitrogens is 1. The van der Waals surface area contributed by atoms with Crippen LogP contribution >= 0.6 is 0 Å². The minimum Gasteiger partial charge on any atom is -0.399 e. The highest BCUT2D eigenvalue weighted by Crippen LogP contribution is 2.18. The van der Waals surface area contributed by atoms with E-state index < -0.39 is 10.1 Å². The number of hydrogen-bond donors (Lipinski definition) is 4. The Balaban J connectivity index is 1.20. The number of carbonyl (C=O) groups excluding carboxylic acids is 2. The smallest absolute Gasteiger partial charge is 0.294 e. The van der Waals surface area contributed by atoms with Gasteiger partial charge < -0.3 is 16.4 Å². The number of carbonyl (C=O) groups is 2. The molecule has 1 heterocycles. The summed E-state index contributed by atoms with van der Waals surface area (Å²) in [4.78, 5) is 28.3. The molecule has 0 fully saturated rings. The Hall–Kier alpha value is -4.16. The number of rotatable bonds is 19. The fourth-order valence-corrected chi connectivity index (χ4v) is 5.29. The predicted molar refractivity (Wildman–Crippen MR) is 170 cm³/mol. The molecule has 0 aliphatic carbocycles. The van der Waals surface area contributed by atoms with Crippen LogP contribution in [0.4, 0.5) is 11.5 Å². The third-order valence-corrected chi connectivity index (χ3v) is 7.96. The number of azo groups is 1. The zero-order valence-corrected chi connectivity index (χ0v) is 25.8. The van der Waals surface area contributed by atoms with Crippen LogP contribution < -0.4 is 16.4 Å². The Bertz CT molecular complexity index is 1460. The molecule has 44 heavy (non-hydrogen) atoms. The monoisotopic (exact) mass is 622 g/mol. The maximum Gasteiger partial charge on any atom is 0.294 e. The van der Waals surface area contributed by atoms with Crippen LogP contribution in [0.5, 0.6) is 0 Å². The number of unbranched alkanes of at least 4 members (excludes halogenated alkanes) is 7. The number of nitrogens with zero attached hydrogens (tertiary/aromatic N) is 3. The van der Waals surface area contributed by atoms with Crippen LogP contribution in [0, 0.1) is 0 Å². The van der Waals surface area contributed by atoms with Crippen molar-refractivity contribution in [2.75, 3.05) is 18.8 Å². The number of amides is 2. The van der Waals surface area contributed by atoms with Gasteiger partial charge in [-0.25, -0.2) is 4.98 Å². The van der Waals surface area contributed by atoms with Gasteiger partial charge >= 0.3 is 0 Å². The second kappa shape index (κ2) is 18.5. The number of hydrogen-bond acceptors (Lipinski definition) is 8. The molecule has 3 aromatic rings. The van der Waals surface area contributed by atoms with Crippen LogP contribution in [0.15, 0.2) is 82.0 Å². The molecule has 3 rings (SSSR count). The molecule has 2 amide bonds. The average Bonchev–Trinajstić information content (AvgIpc) is 3.01. The van der Waals surface area contributed by atoms with Crippen molar-refractivity contribution in [2.24, 2.45) is 10.2 Å². The van der Waals surface area contributed by atoms with Crippen molar-refractivity contribution < 1.29 is 22.6 Å². The van der Waals surface area contributed by atoms with Crippen molar-refractivity contribution in [3.8, 4) is 0 Å². The van der Waals surface area contributed by atoms with Crippen molar-refractivity contribution in [1.29, 1.82) is 0 Å². The number of nitrogens with one attached hydrogen (secondary N) is 2. The Morgan fingerprint density at radius 3 is 2.16 bits per heavy atom. The predicted octanol–water partition coefficient (Wildman–Crippen LogP) is 5.79. The lowest BCUT2D eigenvalue weighted by Crippen LogP contribution is -2.34. The lowest BCUT2D eigenvalue weighted by atomic mass is 10.0. The largest absolute Gasteiger partial charge is 0.399 e. The van der Waals surface area contributed by atoms with E-state index in [1.807, 2.05) is 12.1 Å². The Morgan fingerprint density at radius 1 is 0.818 bits per heavy atom. The van der Waals surface area contributed by atoms with Crippen LogP contribution in [0.1, 0.15) is 79.3 Å². The van der Waals surface area contributed by atoms with Crippen molar-refractivity contribution in [3.05, 3.63) is 83.6 Å². The minimum absolute atomic E-state index is 0.0162. The number of nitrogens with two attached hydrogens (primary N) is 1. The summed E-state index contributed by atoms with van der Waals surface area (Å²) in [5.74, 6) is -0.108. The van der Waals surface area contributed by atoms with E-state index in [0.717, 1.165) is 31.4 Å². The standard InChI is InChI=1S/C32H42N6O5S/c33-28-18-15-25(16-19-28)11-7-5-3-1-2-4-6-8-14-31(39)34-21-22-35-32(40)27-17-20-30(36-23-27)38-37-24-26-12-9-10-13-29(26)44(41,42)43/h9-10,12-13,15-20,23H,1-8,11,14,21-22,24,33H2,(H,34,39)(H,35,40)(H,41,42,43). The first-order valence-corrected chi connectivity index (χ1v) is 16.4. The second-order valence-electron chi connectivity index (χ2n) is 10.6. The van der Waals surface area contributed by atoms with Gasteiger partial charge in [0.2, 0.25) is 5.91 Å². The lowest BCUT2D eigenvalue weighted by molar-refractivity contribution is -0.121. The number of nitrogen functional groups attached to an aromatic ring is 1. The van der Waals surface area contributed by atoms with Crippen molar-refractivity contribution in [1.82, 2.24) is 15.6 Å². The summed E-state index contributed by atoms with van der Waals surface area (Å²) in [5, 5.41) is 13.5. The molecular weight excluding hydrogens is 580 g/mol. The molecule has 0 spiro atoms. The summed E-state index contributed by atoms with van der Waals surface area (Å²) < 4.78 is 32.2. The first kappa shape index (κ1) is 34.3.